The standard InChI is InChI=1S/C21H39N3O6/c1-9-14(5)18(24-20(28)30-21(6,7)8)19(27)23-15(11-13(3)4)22-16(25)12-17(26)29-10-2/h13-15,18H,9-12H2,1-8H3,(H,22,25)(H,23,27)(H,24,28)/t14-,15+,18-/m0/s1. The molecule has 174 valence electrons. The fraction of sp³-hybridized carbons (Fsp3) is 0.810. The Morgan fingerprint density at radius 3 is 2.00 bits per heavy atom. The minimum absolute atomic E-state index is 0.160. The van der Waals surface area contributed by atoms with Crippen molar-refractivity contribution in [3.8, 4) is 0 Å². The van der Waals surface area contributed by atoms with Gasteiger partial charge in [0.15, 0.2) is 0 Å². The van der Waals surface area contributed by atoms with Crippen LogP contribution in [0, 0.1) is 11.8 Å². The number of nitrogens with one attached hydrogen (secondary N) is 3. The van der Waals surface area contributed by atoms with Crippen LogP contribution in [0.4, 0.5) is 4.79 Å². The SMILES string of the molecule is CCOC(=O)CC(=O)N[C@@H](CC(C)C)NC(=O)[C@@H](NC(=O)OC(C)(C)C)[C@@H](C)CC. The van der Waals surface area contributed by atoms with Crippen LogP contribution in [0.25, 0.3) is 0 Å². The molecule has 0 aromatic carbocycles. The minimum Gasteiger partial charge on any atom is -0.466 e. The highest BCUT2D eigenvalue weighted by Crippen LogP contribution is 2.12. The summed E-state index contributed by atoms with van der Waals surface area (Å²) in [6.07, 6.45) is -0.692. The van der Waals surface area contributed by atoms with Gasteiger partial charge in [0.05, 0.1) is 6.61 Å². The molecule has 0 radical (unpaired) electrons. The minimum atomic E-state index is -0.832. The number of alkyl carbamates (subject to hydrolysis) is 1. The van der Waals surface area contributed by atoms with Gasteiger partial charge in [0, 0.05) is 0 Å². The maximum Gasteiger partial charge on any atom is 0.408 e. The van der Waals surface area contributed by atoms with Crippen LogP contribution in [0.15, 0.2) is 0 Å². The quantitative estimate of drug-likeness (QED) is 0.263. The van der Waals surface area contributed by atoms with Gasteiger partial charge in [0.2, 0.25) is 11.8 Å². The molecule has 0 saturated carbocycles. The number of hydrogen-bond donors (Lipinski definition) is 3. The van der Waals surface area contributed by atoms with E-state index in [0.29, 0.717) is 12.8 Å². The summed E-state index contributed by atoms with van der Waals surface area (Å²) in [6.45, 7) is 14.7. The molecule has 0 heterocycles. The average Bonchev–Trinajstić information content (AvgIpc) is 2.56. The van der Waals surface area contributed by atoms with Crippen molar-refractivity contribution < 1.29 is 28.7 Å². The third kappa shape index (κ3) is 12.3. The zero-order valence-corrected chi connectivity index (χ0v) is 19.6. The molecular weight excluding hydrogens is 390 g/mol. The summed E-state index contributed by atoms with van der Waals surface area (Å²) in [4.78, 5) is 48.8. The Hall–Kier alpha value is -2.32. The highest BCUT2D eigenvalue weighted by molar-refractivity contribution is 5.94. The van der Waals surface area contributed by atoms with Crippen molar-refractivity contribution in [3.63, 3.8) is 0 Å². The first kappa shape index (κ1) is 27.7. The summed E-state index contributed by atoms with van der Waals surface area (Å²) in [5.41, 5.74) is -0.693. The highest BCUT2D eigenvalue weighted by Gasteiger charge is 2.30. The third-order valence-electron chi connectivity index (χ3n) is 4.14. The second-order valence-corrected chi connectivity index (χ2v) is 8.75. The second-order valence-electron chi connectivity index (χ2n) is 8.75. The normalized spacial score (nSPS) is 14.3. The van der Waals surface area contributed by atoms with Crippen LogP contribution in [0.1, 0.15) is 74.7 Å². The lowest BCUT2D eigenvalue weighted by atomic mass is 9.98. The number of hydrogen-bond acceptors (Lipinski definition) is 6. The van der Waals surface area contributed by atoms with E-state index in [0.717, 1.165) is 0 Å². The Morgan fingerprint density at radius 1 is 0.933 bits per heavy atom. The van der Waals surface area contributed by atoms with E-state index >= 15 is 0 Å². The molecule has 0 unspecified atom stereocenters. The zero-order valence-electron chi connectivity index (χ0n) is 19.6. The molecule has 0 fully saturated rings. The Morgan fingerprint density at radius 2 is 1.53 bits per heavy atom. The maximum atomic E-state index is 12.9. The Kier molecular flexibility index (Phi) is 12.1. The Bertz CT molecular complexity index is 586. The lowest BCUT2D eigenvalue weighted by molar-refractivity contribution is -0.146. The predicted molar refractivity (Wildman–Crippen MR) is 113 cm³/mol. The van der Waals surface area contributed by atoms with Gasteiger partial charge in [0.25, 0.3) is 0 Å². The van der Waals surface area contributed by atoms with Gasteiger partial charge < -0.3 is 25.4 Å². The molecule has 0 bridgehead atoms. The van der Waals surface area contributed by atoms with Crippen molar-refractivity contribution in [1.29, 1.82) is 0 Å². The smallest absolute Gasteiger partial charge is 0.408 e. The van der Waals surface area contributed by atoms with Gasteiger partial charge in [-0.25, -0.2) is 4.79 Å². The Balaban J connectivity index is 5.21. The van der Waals surface area contributed by atoms with E-state index in [1.54, 1.807) is 27.7 Å². The number of carbonyl (C=O) groups is 4. The van der Waals surface area contributed by atoms with E-state index in [-0.39, 0.29) is 18.4 Å². The number of amides is 3. The van der Waals surface area contributed by atoms with Gasteiger partial charge >= 0.3 is 12.1 Å². The topological polar surface area (TPSA) is 123 Å². The van der Waals surface area contributed by atoms with Crippen molar-refractivity contribution >= 4 is 23.9 Å². The predicted octanol–water partition coefficient (Wildman–Crippen LogP) is 2.48. The summed E-state index contributed by atoms with van der Waals surface area (Å²) < 4.78 is 10.0. The first-order chi connectivity index (χ1) is 13.8. The van der Waals surface area contributed by atoms with Crippen molar-refractivity contribution in [3.05, 3.63) is 0 Å². The molecule has 3 atom stereocenters. The number of rotatable bonds is 11. The van der Waals surface area contributed by atoms with Crippen LogP contribution in [0.3, 0.4) is 0 Å². The van der Waals surface area contributed by atoms with E-state index in [4.69, 9.17) is 9.47 Å². The lowest BCUT2D eigenvalue weighted by Gasteiger charge is -2.29. The molecule has 9 heteroatoms. The van der Waals surface area contributed by atoms with Gasteiger partial charge in [-0.1, -0.05) is 34.1 Å². The lowest BCUT2D eigenvalue weighted by Crippen LogP contribution is -2.57. The maximum absolute atomic E-state index is 12.9. The molecule has 3 N–H and O–H groups in total. The van der Waals surface area contributed by atoms with Crippen LogP contribution in [-0.2, 0) is 23.9 Å². The average molecular weight is 430 g/mol. The van der Waals surface area contributed by atoms with Crippen molar-refractivity contribution in [2.24, 2.45) is 11.8 Å². The first-order valence-corrected chi connectivity index (χ1v) is 10.5. The van der Waals surface area contributed by atoms with Crippen LogP contribution in [0.2, 0.25) is 0 Å². The Labute approximate surface area is 180 Å². The summed E-state index contributed by atoms with van der Waals surface area (Å²) >= 11 is 0. The van der Waals surface area contributed by atoms with E-state index in [2.05, 4.69) is 16.0 Å². The van der Waals surface area contributed by atoms with Gasteiger partial charge in [-0.15, -0.1) is 0 Å². The van der Waals surface area contributed by atoms with E-state index in [1.807, 2.05) is 27.7 Å². The van der Waals surface area contributed by atoms with Crippen LogP contribution in [0.5, 0.6) is 0 Å². The van der Waals surface area contributed by atoms with Crippen molar-refractivity contribution in [2.75, 3.05) is 6.61 Å². The molecule has 0 aliphatic heterocycles. The largest absolute Gasteiger partial charge is 0.466 e. The fourth-order valence-electron chi connectivity index (χ4n) is 2.61. The van der Waals surface area contributed by atoms with E-state index in [9.17, 15) is 19.2 Å². The third-order valence-corrected chi connectivity index (χ3v) is 4.14. The van der Waals surface area contributed by atoms with Gasteiger partial charge in [0.1, 0.15) is 24.2 Å². The van der Waals surface area contributed by atoms with Gasteiger partial charge in [-0.05, 0) is 46.0 Å². The molecule has 0 aromatic rings. The monoisotopic (exact) mass is 429 g/mol. The number of ether oxygens (including phenoxy) is 2. The molecule has 9 nitrogen and oxygen atoms in total. The molecule has 0 saturated heterocycles. The summed E-state index contributed by atoms with van der Waals surface area (Å²) in [7, 11) is 0. The van der Waals surface area contributed by atoms with Crippen LogP contribution >= 0.6 is 0 Å². The molecule has 3 amide bonds. The number of esters is 1. The van der Waals surface area contributed by atoms with Crippen LogP contribution in [-0.4, -0.2) is 48.3 Å². The van der Waals surface area contributed by atoms with Gasteiger partial charge in [-0.3, -0.25) is 14.4 Å². The fourth-order valence-corrected chi connectivity index (χ4v) is 2.61. The molecule has 0 aliphatic rings. The molecule has 0 rings (SSSR count). The van der Waals surface area contributed by atoms with Gasteiger partial charge in [-0.2, -0.15) is 0 Å². The summed E-state index contributed by atoms with van der Waals surface area (Å²) in [5, 5.41) is 8.06. The molecule has 0 aromatic heterocycles. The highest BCUT2D eigenvalue weighted by atomic mass is 16.6. The first-order valence-electron chi connectivity index (χ1n) is 10.5. The van der Waals surface area contributed by atoms with Crippen LogP contribution < -0.4 is 16.0 Å². The van der Waals surface area contributed by atoms with Crippen molar-refractivity contribution in [2.45, 2.75) is 92.5 Å². The number of carbonyl (C=O) groups excluding carboxylic acids is 4. The second kappa shape index (κ2) is 13.1. The molecule has 0 aliphatic carbocycles. The molecular formula is C21H39N3O6. The molecule has 30 heavy (non-hydrogen) atoms. The van der Waals surface area contributed by atoms with E-state index in [1.165, 1.54) is 0 Å². The summed E-state index contributed by atoms with van der Waals surface area (Å²) in [6, 6.07) is -0.832. The van der Waals surface area contributed by atoms with E-state index < -0.39 is 48.1 Å². The van der Waals surface area contributed by atoms with Crippen molar-refractivity contribution in [1.82, 2.24) is 16.0 Å². The zero-order chi connectivity index (χ0) is 23.5. The summed E-state index contributed by atoms with van der Waals surface area (Å²) in [5.74, 6) is -1.60. The molecule has 0 spiro atoms.